The van der Waals surface area contributed by atoms with Crippen LogP contribution in [-0.2, 0) is 22.3 Å². The molecule has 42 heavy (non-hydrogen) atoms. The monoisotopic (exact) mass is 619 g/mol. The van der Waals surface area contributed by atoms with Crippen LogP contribution in [0.4, 0.5) is 23.7 Å². The topological polar surface area (TPSA) is 80.8 Å². The van der Waals surface area contributed by atoms with E-state index < -0.39 is 36.4 Å². The average Bonchev–Trinajstić information content (AvgIpc) is 2.95. The van der Waals surface area contributed by atoms with Gasteiger partial charge in [0.25, 0.3) is 0 Å². The van der Waals surface area contributed by atoms with Crippen molar-refractivity contribution in [1.82, 2.24) is 10.3 Å². The number of benzene rings is 3. The minimum atomic E-state index is -4.53. The number of alkyl halides is 3. The number of fused-ring (bicyclic) bond motifs is 1. The van der Waals surface area contributed by atoms with Crippen LogP contribution < -0.4 is 15.0 Å². The molecule has 1 unspecified atom stereocenters. The number of nitrogens with zero attached hydrogens (tertiary/aromatic N) is 2. The zero-order valence-electron chi connectivity index (χ0n) is 22.8. The van der Waals surface area contributed by atoms with Gasteiger partial charge < -0.3 is 19.7 Å². The van der Waals surface area contributed by atoms with Crippen molar-refractivity contribution >= 4 is 51.8 Å². The highest BCUT2D eigenvalue weighted by Gasteiger charge is 2.31. The molecule has 1 atom stereocenters. The predicted molar refractivity (Wildman–Crippen MR) is 155 cm³/mol. The molecule has 0 aliphatic heterocycles. The second-order valence-corrected chi connectivity index (χ2v) is 10.2. The van der Waals surface area contributed by atoms with Gasteiger partial charge in [-0.05, 0) is 55.8 Å². The second kappa shape index (κ2) is 12.9. The summed E-state index contributed by atoms with van der Waals surface area (Å²) in [5.74, 6) is 0.0158. The Bertz CT molecular complexity index is 1630. The van der Waals surface area contributed by atoms with Gasteiger partial charge in [0, 0.05) is 23.0 Å². The molecule has 1 aromatic heterocycles. The van der Waals surface area contributed by atoms with Crippen LogP contribution in [0.5, 0.6) is 5.75 Å². The summed E-state index contributed by atoms with van der Waals surface area (Å²) in [5.41, 5.74) is 1.59. The molecular formula is C30H26Cl2F3N3O4. The number of aromatic nitrogens is 1. The van der Waals surface area contributed by atoms with Gasteiger partial charge in [-0.25, -0.2) is 9.78 Å². The molecule has 4 rings (SSSR count). The number of anilines is 1. The van der Waals surface area contributed by atoms with E-state index in [4.69, 9.17) is 32.7 Å². The summed E-state index contributed by atoms with van der Waals surface area (Å²) in [6.07, 6.45) is -6.50. The van der Waals surface area contributed by atoms with Gasteiger partial charge in [0.1, 0.15) is 25.0 Å². The largest absolute Gasteiger partial charge is 0.487 e. The van der Waals surface area contributed by atoms with E-state index in [1.165, 1.54) is 31.0 Å². The maximum Gasteiger partial charge on any atom is 0.416 e. The van der Waals surface area contributed by atoms with E-state index in [9.17, 15) is 22.8 Å². The molecule has 0 aliphatic carbocycles. The average molecular weight is 620 g/mol. The summed E-state index contributed by atoms with van der Waals surface area (Å²) in [5, 5.41) is 3.74. The summed E-state index contributed by atoms with van der Waals surface area (Å²) in [6.45, 7) is 2.80. The Labute approximate surface area is 250 Å². The number of rotatable bonds is 8. The zero-order chi connectivity index (χ0) is 30.6. The molecule has 0 bridgehead atoms. The van der Waals surface area contributed by atoms with E-state index in [-0.39, 0.29) is 17.2 Å². The number of hydrogen-bond donors (Lipinski definition) is 1. The lowest BCUT2D eigenvalue weighted by molar-refractivity contribution is -0.137. The molecule has 4 aromatic rings. The van der Waals surface area contributed by atoms with Crippen molar-refractivity contribution in [1.29, 1.82) is 0 Å². The van der Waals surface area contributed by atoms with Gasteiger partial charge in [0.05, 0.1) is 27.5 Å². The highest BCUT2D eigenvalue weighted by Crippen LogP contribution is 2.35. The predicted octanol–water partition coefficient (Wildman–Crippen LogP) is 7.90. The van der Waals surface area contributed by atoms with Crippen molar-refractivity contribution in [2.24, 2.45) is 0 Å². The molecule has 0 saturated heterocycles. The quantitative estimate of drug-likeness (QED) is 0.217. The highest BCUT2D eigenvalue weighted by molar-refractivity contribution is 6.38. The number of carbonyl (C=O) groups is 2. The van der Waals surface area contributed by atoms with Crippen LogP contribution in [0.3, 0.4) is 0 Å². The number of alkyl carbamates (subject to hydrolysis) is 1. The fourth-order valence-electron chi connectivity index (χ4n) is 4.10. The van der Waals surface area contributed by atoms with E-state index in [2.05, 4.69) is 10.3 Å². The number of aryl methyl sites for hydroxylation is 1. The molecule has 1 N–H and O–H groups in total. The number of halogens is 5. The van der Waals surface area contributed by atoms with Crippen LogP contribution in [0.2, 0.25) is 10.0 Å². The first-order chi connectivity index (χ1) is 19.8. The van der Waals surface area contributed by atoms with Crippen molar-refractivity contribution in [3.8, 4) is 5.75 Å². The van der Waals surface area contributed by atoms with Crippen LogP contribution in [0.25, 0.3) is 10.9 Å². The Morgan fingerprint density at radius 3 is 2.52 bits per heavy atom. The van der Waals surface area contributed by atoms with E-state index in [1.807, 2.05) is 37.3 Å². The Kier molecular flexibility index (Phi) is 9.48. The molecule has 0 spiro atoms. The maximum absolute atomic E-state index is 13.0. The molecule has 0 aliphatic rings. The summed E-state index contributed by atoms with van der Waals surface area (Å²) in [4.78, 5) is 30.9. The fourth-order valence-corrected chi connectivity index (χ4v) is 4.71. The molecule has 12 heteroatoms. The number of nitrogens with one attached hydrogen (secondary N) is 1. The van der Waals surface area contributed by atoms with Gasteiger partial charge in [0.2, 0.25) is 5.91 Å². The number of carbonyl (C=O) groups excluding carboxylic acids is 2. The standard InChI is InChI=1S/C30H26Cl2F3N3O4/c1-17-26(14-20-7-4-5-10-24(20)37-17)41-16-22-23(31)11-12-25(28(22)32)38(3)27(39)15-36-29(40)42-18(2)19-8-6-9-21(13-19)30(33,34)35/h4-14,18H,15-16H2,1-3H3,(H,36,40). The third-order valence-electron chi connectivity index (χ3n) is 6.49. The van der Waals surface area contributed by atoms with Crippen molar-refractivity contribution in [3.05, 3.63) is 99.2 Å². The van der Waals surface area contributed by atoms with E-state index in [0.717, 1.165) is 23.0 Å². The van der Waals surface area contributed by atoms with Crippen molar-refractivity contribution in [2.45, 2.75) is 32.7 Å². The van der Waals surface area contributed by atoms with Gasteiger partial charge in [-0.2, -0.15) is 13.2 Å². The Balaban J connectivity index is 1.38. The SMILES string of the molecule is Cc1nc2ccccc2cc1OCc1c(Cl)ccc(N(C)C(=O)CNC(=O)OC(C)c2cccc(C(F)(F)F)c2)c1Cl. The molecule has 0 fully saturated rings. The van der Waals surface area contributed by atoms with Crippen LogP contribution >= 0.6 is 23.2 Å². The van der Waals surface area contributed by atoms with Gasteiger partial charge in [-0.15, -0.1) is 0 Å². The summed E-state index contributed by atoms with van der Waals surface area (Å²) < 4.78 is 50.1. The lowest BCUT2D eigenvalue weighted by Crippen LogP contribution is -2.38. The molecule has 2 amide bonds. The molecule has 1 heterocycles. The molecule has 220 valence electrons. The summed E-state index contributed by atoms with van der Waals surface area (Å²) >= 11 is 13.0. The van der Waals surface area contributed by atoms with Crippen molar-refractivity contribution in [2.75, 3.05) is 18.5 Å². The van der Waals surface area contributed by atoms with Crippen molar-refractivity contribution in [3.63, 3.8) is 0 Å². The lowest BCUT2D eigenvalue weighted by Gasteiger charge is -2.22. The number of amides is 2. The van der Waals surface area contributed by atoms with Gasteiger partial charge in [0.15, 0.2) is 0 Å². The number of hydrogen-bond acceptors (Lipinski definition) is 5. The number of pyridine rings is 1. The van der Waals surface area contributed by atoms with Crippen LogP contribution in [0, 0.1) is 6.92 Å². The normalized spacial score (nSPS) is 12.1. The summed E-state index contributed by atoms with van der Waals surface area (Å²) in [6, 6.07) is 17.1. The highest BCUT2D eigenvalue weighted by atomic mass is 35.5. The van der Waals surface area contributed by atoms with Gasteiger partial charge in [-0.3, -0.25) is 4.79 Å². The van der Waals surface area contributed by atoms with E-state index in [0.29, 0.717) is 27.7 Å². The second-order valence-electron chi connectivity index (χ2n) is 9.39. The number of ether oxygens (including phenoxy) is 2. The molecule has 3 aromatic carbocycles. The molecule has 7 nitrogen and oxygen atoms in total. The molecule has 0 saturated carbocycles. The Hall–Kier alpha value is -4.02. The minimum absolute atomic E-state index is 0.00635. The van der Waals surface area contributed by atoms with E-state index in [1.54, 1.807) is 12.1 Å². The lowest BCUT2D eigenvalue weighted by atomic mass is 10.1. The fraction of sp³-hybridized carbons (Fsp3) is 0.233. The Morgan fingerprint density at radius 1 is 1.05 bits per heavy atom. The van der Waals surface area contributed by atoms with Gasteiger partial charge in [-0.1, -0.05) is 53.5 Å². The Morgan fingerprint density at radius 2 is 1.79 bits per heavy atom. The first kappa shape index (κ1) is 30.9. The van der Waals surface area contributed by atoms with Gasteiger partial charge >= 0.3 is 12.3 Å². The first-order valence-corrected chi connectivity index (χ1v) is 13.4. The van der Waals surface area contributed by atoms with Crippen LogP contribution in [-0.4, -0.2) is 30.6 Å². The number of likely N-dealkylation sites (N-methyl/N-ethyl adjacent to an activating group) is 1. The van der Waals surface area contributed by atoms with E-state index >= 15 is 0 Å². The smallest absolute Gasteiger partial charge is 0.416 e. The summed E-state index contributed by atoms with van der Waals surface area (Å²) in [7, 11) is 1.47. The first-order valence-electron chi connectivity index (χ1n) is 12.7. The molecular weight excluding hydrogens is 594 g/mol. The van der Waals surface area contributed by atoms with Crippen LogP contribution in [0.15, 0.2) is 66.7 Å². The third-order valence-corrected chi connectivity index (χ3v) is 7.27. The number of para-hydroxylation sites is 1. The zero-order valence-corrected chi connectivity index (χ0v) is 24.3. The van der Waals surface area contributed by atoms with Crippen molar-refractivity contribution < 1.29 is 32.2 Å². The molecule has 0 radical (unpaired) electrons. The minimum Gasteiger partial charge on any atom is -0.487 e. The third kappa shape index (κ3) is 7.24. The maximum atomic E-state index is 13.0. The van der Waals surface area contributed by atoms with Crippen LogP contribution in [0.1, 0.15) is 35.4 Å².